The van der Waals surface area contributed by atoms with Crippen LogP contribution in [0.4, 0.5) is 20.6 Å². The molecule has 2 aliphatic heterocycles. The van der Waals surface area contributed by atoms with E-state index in [9.17, 15) is 18.8 Å². The molecule has 2 heterocycles. The van der Waals surface area contributed by atoms with Gasteiger partial charge in [0.2, 0.25) is 11.8 Å². The molecular weight excluding hydrogens is 439 g/mol. The summed E-state index contributed by atoms with van der Waals surface area (Å²) >= 11 is 0. The van der Waals surface area contributed by atoms with E-state index in [1.165, 1.54) is 17.9 Å². The maximum Gasteiger partial charge on any atom is 0.414 e. The van der Waals surface area contributed by atoms with Gasteiger partial charge in [0.1, 0.15) is 11.9 Å². The standard InChI is InChI=1S/C25H29FN4O4/c1-18(31)27-16-21-17-30(25(33)34-21)20-8-9-23(22(26)15-20)28-11-13-29(14-12-28)24(32)10-7-19-5-3-2-4-6-19/h2-6,8-9,15,21H,7,10-14,16-17H2,1H3,(H,27,31)/t21-/m0/s1. The fourth-order valence-electron chi connectivity index (χ4n) is 4.27. The number of amides is 3. The highest BCUT2D eigenvalue weighted by molar-refractivity contribution is 5.90. The quantitative estimate of drug-likeness (QED) is 0.676. The summed E-state index contributed by atoms with van der Waals surface area (Å²) in [6.07, 6.45) is 0.125. The smallest absolute Gasteiger partial charge is 0.414 e. The van der Waals surface area contributed by atoms with Crippen LogP contribution in [0.1, 0.15) is 18.9 Å². The van der Waals surface area contributed by atoms with Crippen LogP contribution in [0.2, 0.25) is 0 Å². The Morgan fingerprint density at radius 3 is 2.50 bits per heavy atom. The molecule has 34 heavy (non-hydrogen) atoms. The first-order valence-corrected chi connectivity index (χ1v) is 11.5. The van der Waals surface area contributed by atoms with Crippen LogP contribution in [0.5, 0.6) is 0 Å². The topological polar surface area (TPSA) is 82.2 Å². The summed E-state index contributed by atoms with van der Waals surface area (Å²) in [4.78, 5) is 41.0. The molecule has 3 amide bonds. The number of aryl methyl sites for hydroxylation is 1. The van der Waals surface area contributed by atoms with E-state index < -0.39 is 18.0 Å². The number of piperazine rings is 1. The normalized spacial score (nSPS) is 18.1. The Morgan fingerprint density at radius 2 is 1.82 bits per heavy atom. The van der Waals surface area contributed by atoms with Crippen molar-refractivity contribution >= 4 is 29.3 Å². The van der Waals surface area contributed by atoms with E-state index >= 15 is 0 Å². The van der Waals surface area contributed by atoms with Gasteiger partial charge in [0.05, 0.1) is 24.5 Å². The molecular formula is C25H29FN4O4. The van der Waals surface area contributed by atoms with Crippen molar-refractivity contribution in [1.82, 2.24) is 10.2 Å². The second-order valence-electron chi connectivity index (χ2n) is 8.54. The molecule has 0 saturated carbocycles. The highest BCUT2D eigenvalue weighted by Gasteiger charge is 2.33. The molecule has 2 saturated heterocycles. The number of benzene rings is 2. The number of carbonyl (C=O) groups is 3. The highest BCUT2D eigenvalue weighted by atomic mass is 19.1. The number of ether oxygens (including phenoxy) is 1. The number of anilines is 2. The summed E-state index contributed by atoms with van der Waals surface area (Å²) in [5.74, 6) is -0.525. The maximum absolute atomic E-state index is 15.0. The second-order valence-corrected chi connectivity index (χ2v) is 8.54. The Morgan fingerprint density at radius 1 is 1.09 bits per heavy atom. The monoisotopic (exact) mass is 468 g/mol. The zero-order chi connectivity index (χ0) is 24.1. The van der Waals surface area contributed by atoms with Gasteiger partial charge in [0.15, 0.2) is 0 Å². The van der Waals surface area contributed by atoms with Crippen molar-refractivity contribution in [2.24, 2.45) is 0 Å². The number of nitrogens with zero attached hydrogens (tertiary/aromatic N) is 3. The van der Waals surface area contributed by atoms with E-state index in [-0.39, 0.29) is 24.9 Å². The third-order valence-corrected chi connectivity index (χ3v) is 6.14. The van der Waals surface area contributed by atoms with Gasteiger partial charge in [0, 0.05) is 39.5 Å². The zero-order valence-corrected chi connectivity index (χ0v) is 19.2. The fraction of sp³-hybridized carbons (Fsp3) is 0.400. The summed E-state index contributed by atoms with van der Waals surface area (Å²) < 4.78 is 20.2. The van der Waals surface area contributed by atoms with Gasteiger partial charge in [-0.15, -0.1) is 0 Å². The Balaban J connectivity index is 1.30. The Kier molecular flexibility index (Phi) is 7.30. The van der Waals surface area contributed by atoms with Gasteiger partial charge in [-0.3, -0.25) is 14.5 Å². The molecule has 0 radical (unpaired) electrons. The minimum Gasteiger partial charge on any atom is -0.442 e. The van der Waals surface area contributed by atoms with Gasteiger partial charge >= 0.3 is 6.09 Å². The third-order valence-electron chi connectivity index (χ3n) is 6.14. The summed E-state index contributed by atoms with van der Waals surface area (Å²) in [5, 5.41) is 2.62. The lowest BCUT2D eigenvalue weighted by Crippen LogP contribution is -2.49. The van der Waals surface area contributed by atoms with Crippen molar-refractivity contribution < 1.29 is 23.5 Å². The number of rotatable bonds is 7. The van der Waals surface area contributed by atoms with Crippen LogP contribution >= 0.6 is 0 Å². The molecule has 180 valence electrons. The van der Waals surface area contributed by atoms with Crippen LogP contribution in [0.3, 0.4) is 0 Å². The lowest BCUT2D eigenvalue weighted by molar-refractivity contribution is -0.131. The van der Waals surface area contributed by atoms with Crippen LogP contribution in [0, 0.1) is 5.82 Å². The first-order chi connectivity index (χ1) is 16.4. The van der Waals surface area contributed by atoms with Gasteiger partial charge in [-0.25, -0.2) is 9.18 Å². The molecule has 2 aromatic carbocycles. The summed E-state index contributed by atoms with van der Waals surface area (Å²) in [7, 11) is 0. The molecule has 4 rings (SSSR count). The van der Waals surface area contributed by atoms with Crippen molar-refractivity contribution in [2.45, 2.75) is 25.9 Å². The van der Waals surface area contributed by atoms with E-state index in [0.29, 0.717) is 50.4 Å². The fourth-order valence-corrected chi connectivity index (χ4v) is 4.27. The molecule has 9 heteroatoms. The first kappa shape index (κ1) is 23.5. The van der Waals surface area contributed by atoms with Crippen molar-refractivity contribution in [3.05, 3.63) is 59.9 Å². The average Bonchev–Trinajstić information content (AvgIpc) is 3.22. The van der Waals surface area contributed by atoms with Gasteiger partial charge < -0.3 is 19.9 Å². The number of carbonyl (C=O) groups excluding carboxylic acids is 3. The molecule has 1 atom stereocenters. The van der Waals surface area contributed by atoms with Crippen molar-refractivity contribution in [1.29, 1.82) is 0 Å². The zero-order valence-electron chi connectivity index (χ0n) is 19.2. The van der Waals surface area contributed by atoms with Crippen LogP contribution in [0.15, 0.2) is 48.5 Å². The largest absolute Gasteiger partial charge is 0.442 e. The number of hydrogen-bond acceptors (Lipinski definition) is 5. The van der Waals surface area contributed by atoms with E-state index in [4.69, 9.17) is 4.74 Å². The number of hydrogen-bond donors (Lipinski definition) is 1. The molecule has 0 unspecified atom stereocenters. The van der Waals surface area contributed by atoms with Gasteiger partial charge in [-0.2, -0.15) is 0 Å². The van der Waals surface area contributed by atoms with Gasteiger partial charge in [-0.05, 0) is 30.2 Å². The number of cyclic esters (lactones) is 1. The minimum atomic E-state index is -0.565. The lowest BCUT2D eigenvalue weighted by Gasteiger charge is -2.36. The van der Waals surface area contributed by atoms with E-state index in [1.54, 1.807) is 12.1 Å². The molecule has 0 aliphatic carbocycles. The van der Waals surface area contributed by atoms with Crippen molar-refractivity contribution in [3.63, 3.8) is 0 Å². The molecule has 1 N–H and O–H groups in total. The predicted molar refractivity (Wildman–Crippen MR) is 126 cm³/mol. The Hall–Kier alpha value is -3.62. The first-order valence-electron chi connectivity index (χ1n) is 11.5. The molecule has 0 bridgehead atoms. The SMILES string of the molecule is CC(=O)NC[C@H]1CN(c2ccc(N3CCN(C(=O)CCc4ccccc4)CC3)c(F)c2)C(=O)O1. The van der Waals surface area contributed by atoms with E-state index in [1.807, 2.05) is 40.1 Å². The molecule has 0 aromatic heterocycles. The lowest BCUT2D eigenvalue weighted by atomic mass is 10.1. The molecule has 2 aliphatic rings. The van der Waals surface area contributed by atoms with Crippen LogP contribution < -0.4 is 15.1 Å². The second kappa shape index (κ2) is 10.5. The van der Waals surface area contributed by atoms with Crippen molar-refractivity contribution in [3.8, 4) is 0 Å². The summed E-state index contributed by atoms with van der Waals surface area (Å²) in [5.41, 5.74) is 1.99. The predicted octanol–water partition coefficient (Wildman–Crippen LogP) is 2.57. The van der Waals surface area contributed by atoms with E-state index in [2.05, 4.69) is 5.32 Å². The summed E-state index contributed by atoms with van der Waals surface area (Å²) in [6.45, 7) is 4.00. The number of halogens is 1. The van der Waals surface area contributed by atoms with E-state index in [0.717, 1.165) is 5.56 Å². The maximum atomic E-state index is 15.0. The van der Waals surface area contributed by atoms with Crippen LogP contribution in [0.25, 0.3) is 0 Å². The third kappa shape index (κ3) is 5.65. The summed E-state index contributed by atoms with van der Waals surface area (Å²) in [6, 6.07) is 14.6. The molecule has 2 aromatic rings. The molecule has 2 fully saturated rings. The Bertz CT molecular complexity index is 1040. The highest BCUT2D eigenvalue weighted by Crippen LogP contribution is 2.28. The molecule has 0 spiro atoms. The van der Waals surface area contributed by atoms with Crippen molar-refractivity contribution in [2.75, 3.05) is 49.1 Å². The molecule has 8 nitrogen and oxygen atoms in total. The number of nitrogens with one attached hydrogen (secondary N) is 1. The minimum absolute atomic E-state index is 0.112. The Labute approximate surface area is 198 Å². The van der Waals surface area contributed by atoms with Crippen LogP contribution in [-0.4, -0.2) is 68.2 Å². The van der Waals surface area contributed by atoms with Gasteiger partial charge in [0.25, 0.3) is 0 Å². The van der Waals surface area contributed by atoms with Gasteiger partial charge in [-0.1, -0.05) is 30.3 Å². The average molecular weight is 469 g/mol. The van der Waals surface area contributed by atoms with Crippen LogP contribution in [-0.2, 0) is 20.7 Å².